The van der Waals surface area contributed by atoms with Gasteiger partial charge in [0.1, 0.15) is 11.5 Å². The van der Waals surface area contributed by atoms with Crippen molar-refractivity contribution in [2.75, 3.05) is 6.54 Å². The quantitative estimate of drug-likeness (QED) is 0.871. The Morgan fingerprint density at radius 3 is 2.82 bits per heavy atom. The van der Waals surface area contributed by atoms with Gasteiger partial charge in [0.25, 0.3) is 5.91 Å². The van der Waals surface area contributed by atoms with Crippen molar-refractivity contribution in [1.82, 2.24) is 15.1 Å². The van der Waals surface area contributed by atoms with Crippen LogP contribution in [0.15, 0.2) is 24.3 Å². The van der Waals surface area contributed by atoms with Crippen molar-refractivity contribution in [2.24, 2.45) is 5.73 Å². The molecule has 0 saturated heterocycles. The van der Waals surface area contributed by atoms with Gasteiger partial charge in [0.2, 0.25) is 5.91 Å². The molecule has 22 heavy (non-hydrogen) atoms. The van der Waals surface area contributed by atoms with Crippen LogP contribution in [0.4, 0.5) is 4.39 Å². The van der Waals surface area contributed by atoms with Gasteiger partial charge in [-0.2, -0.15) is 5.10 Å². The van der Waals surface area contributed by atoms with Gasteiger partial charge in [-0.25, -0.2) is 9.07 Å². The number of benzene rings is 1. The average molecular weight is 302 g/mol. The summed E-state index contributed by atoms with van der Waals surface area (Å²) in [6, 6.07) is 6.29. The Morgan fingerprint density at radius 2 is 2.09 bits per heavy atom. The van der Waals surface area contributed by atoms with Crippen LogP contribution in [0.1, 0.15) is 28.2 Å². The summed E-state index contributed by atoms with van der Waals surface area (Å²) in [6.45, 7) is -0.250. The molecule has 0 spiro atoms. The molecule has 0 fully saturated rings. The molecule has 1 aliphatic carbocycles. The van der Waals surface area contributed by atoms with Crippen LogP contribution in [-0.2, 0) is 17.6 Å². The maximum Gasteiger partial charge on any atom is 0.272 e. The minimum absolute atomic E-state index is 0.233. The summed E-state index contributed by atoms with van der Waals surface area (Å²) in [5.74, 6) is -1.49. The van der Waals surface area contributed by atoms with E-state index in [1.165, 1.54) is 10.7 Å². The molecular formula is C15H15FN4O2. The van der Waals surface area contributed by atoms with Crippen LogP contribution in [0.5, 0.6) is 0 Å². The molecule has 0 atom stereocenters. The summed E-state index contributed by atoms with van der Waals surface area (Å²) >= 11 is 0. The Morgan fingerprint density at radius 1 is 1.32 bits per heavy atom. The minimum atomic E-state index is -0.626. The largest absolute Gasteiger partial charge is 0.368 e. The second kappa shape index (κ2) is 5.59. The van der Waals surface area contributed by atoms with Crippen LogP contribution in [0, 0.1) is 5.82 Å². The van der Waals surface area contributed by atoms with E-state index in [9.17, 15) is 14.0 Å². The molecule has 0 unspecified atom stereocenters. The van der Waals surface area contributed by atoms with Crippen LogP contribution in [-0.4, -0.2) is 28.1 Å². The van der Waals surface area contributed by atoms with E-state index in [-0.39, 0.29) is 12.2 Å². The second-order valence-corrected chi connectivity index (χ2v) is 5.14. The summed E-state index contributed by atoms with van der Waals surface area (Å²) < 4.78 is 15.5. The Bertz CT molecular complexity index is 754. The first-order valence-corrected chi connectivity index (χ1v) is 7.00. The lowest BCUT2D eigenvalue weighted by Gasteiger charge is -2.06. The lowest BCUT2D eigenvalue weighted by Crippen LogP contribution is -2.34. The van der Waals surface area contributed by atoms with Gasteiger partial charge < -0.3 is 11.1 Å². The lowest BCUT2D eigenvalue weighted by molar-refractivity contribution is -0.117. The third-order valence-corrected chi connectivity index (χ3v) is 3.65. The Balaban J connectivity index is 2.01. The first kappa shape index (κ1) is 14.2. The number of hydrogen-bond acceptors (Lipinski definition) is 3. The predicted molar refractivity (Wildman–Crippen MR) is 77.1 cm³/mol. The highest BCUT2D eigenvalue weighted by atomic mass is 19.1. The van der Waals surface area contributed by atoms with E-state index in [1.54, 1.807) is 18.2 Å². The van der Waals surface area contributed by atoms with Crippen molar-refractivity contribution >= 4 is 11.8 Å². The van der Waals surface area contributed by atoms with Gasteiger partial charge in [-0.15, -0.1) is 0 Å². The normalized spacial score (nSPS) is 13.0. The zero-order chi connectivity index (χ0) is 15.7. The van der Waals surface area contributed by atoms with Gasteiger partial charge >= 0.3 is 0 Å². The number of primary amides is 1. The number of fused-ring (bicyclic) bond motifs is 1. The third kappa shape index (κ3) is 2.45. The van der Waals surface area contributed by atoms with Gasteiger partial charge in [0, 0.05) is 11.3 Å². The van der Waals surface area contributed by atoms with Gasteiger partial charge in [0.05, 0.1) is 6.54 Å². The van der Waals surface area contributed by atoms with Crippen LogP contribution >= 0.6 is 0 Å². The van der Waals surface area contributed by atoms with Crippen molar-refractivity contribution < 1.29 is 14.0 Å². The van der Waals surface area contributed by atoms with E-state index < -0.39 is 17.6 Å². The number of nitrogens with two attached hydrogens (primary N) is 1. The molecule has 6 nitrogen and oxygen atoms in total. The van der Waals surface area contributed by atoms with Crippen molar-refractivity contribution in [2.45, 2.75) is 19.3 Å². The van der Waals surface area contributed by atoms with Crippen molar-refractivity contribution in [3.05, 3.63) is 47.0 Å². The van der Waals surface area contributed by atoms with Crippen molar-refractivity contribution in [3.63, 3.8) is 0 Å². The topological polar surface area (TPSA) is 90.0 Å². The molecule has 0 aliphatic heterocycles. The fourth-order valence-corrected chi connectivity index (χ4v) is 2.69. The summed E-state index contributed by atoms with van der Waals surface area (Å²) in [4.78, 5) is 22.9. The maximum absolute atomic E-state index is 14.0. The molecule has 2 amide bonds. The maximum atomic E-state index is 14.0. The molecule has 3 N–H and O–H groups in total. The number of rotatable bonds is 4. The van der Waals surface area contributed by atoms with Gasteiger partial charge in [-0.05, 0) is 31.4 Å². The highest BCUT2D eigenvalue weighted by molar-refractivity contribution is 5.96. The van der Waals surface area contributed by atoms with E-state index in [0.717, 1.165) is 24.1 Å². The van der Waals surface area contributed by atoms with E-state index in [1.807, 2.05) is 0 Å². The number of nitrogens with one attached hydrogen (secondary N) is 1. The fourth-order valence-electron chi connectivity index (χ4n) is 2.69. The molecule has 0 bridgehead atoms. The molecule has 1 aliphatic rings. The molecule has 2 aromatic rings. The molecule has 1 heterocycles. The van der Waals surface area contributed by atoms with Crippen LogP contribution in [0.2, 0.25) is 0 Å². The van der Waals surface area contributed by atoms with E-state index in [4.69, 9.17) is 5.73 Å². The Hall–Kier alpha value is -2.70. The zero-order valence-corrected chi connectivity index (χ0v) is 11.8. The summed E-state index contributed by atoms with van der Waals surface area (Å²) in [5, 5.41) is 6.68. The molecule has 3 rings (SSSR count). The number of aromatic nitrogens is 2. The van der Waals surface area contributed by atoms with Crippen molar-refractivity contribution in [1.29, 1.82) is 0 Å². The van der Waals surface area contributed by atoms with E-state index in [2.05, 4.69) is 10.4 Å². The standard InChI is InChI=1S/C15H15FN4O2/c16-10-5-1-2-6-12(10)20-11-7-3-4-9(11)14(19-20)15(22)18-8-13(17)21/h1-2,5-6H,3-4,7-8H2,(H2,17,21)(H,18,22). The molecular weight excluding hydrogens is 287 g/mol. The molecule has 0 saturated carbocycles. The van der Waals surface area contributed by atoms with Gasteiger partial charge in [0.15, 0.2) is 5.69 Å². The van der Waals surface area contributed by atoms with Crippen LogP contribution in [0.3, 0.4) is 0 Å². The smallest absolute Gasteiger partial charge is 0.272 e. The fraction of sp³-hybridized carbons (Fsp3) is 0.267. The highest BCUT2D eigenvalue weighted by Crippen LogP contribution is 2.28. The molecule has 7 heteroatoms. The minimum Gasteiger partial charge on any atom is -0.368 e. The first-order chi connectivity index (χ1) is 10.6. The predicted octanol–water partition coefficient (Wildman–Crippen LogP) is 0.715. The number of halogens is 1. The zero-order valence-electron chi connectivity index (χ0n) is 11.8. The van der Waals surface area contributed by atoms with Gasteiger partial charge in [-0.1, -0.05) is 12.1 Å². The average Bonchev–Trinajstić information content (AvgIpc) is 3.07. The Kier molecular flexibility index (Phi) is 3.62. The molecule has 1 aromatic heterocycles. The number of hydrogen-bond donors (Lipinski definition) is 2. The third-order valence-electron chi connectivity index (χ3n) is 3.65. The van der Waals surface area contributed by atoms with Crippen LogP contribution in [0.25, 0.3) is 5.69 Å². The summed E-state index contributed by atoms with van der Waals surface area (Å²) in [6.07, 6.45) is 2.33. The number of amides is 2. The first-order valence-electron chi connectivity index (χ1n) is 7.00. The van der Waals surface area contributed by atoms with E-state index >= 15 is 0 Å². The molecule has 114 valence electrons. The SMILES string of the molecule is NC(=O)CNC(=O)c1nn(-c2ccccc2F)c2c1CCC2. The lowest BCUT2D eigenvalue weighted by atomic mass is 10.2. The molecule has 1 aromatic carbocycles. The monoisotopic (exact) mass is 302 g/mol. The number of carbonyl (C=O) groups is 2. The second-order valence-electron chi connectivity index (χ2n) is 5.14. The highest BCUT2D eigenvalue weighted by Gasteiger charge is 2.27. The summed E-state index contributed by atoms with van der Waals surface area (Å²) in [5.41, 5.74) is 7.22. The number of carbonyl (C=O) groups excluding carboxylic acids is 2. The van der Waals surface area contributed by atoms with E-state index in [0.29, 0.717) is 12.1 Å². The van der Waals surface area contributed by atoms with Crippen LogP contribution < -0.4 is 11.1 Å². The number of para-hydroxylation sites is 1. The number of nitrogens with zero attached hydrogens (tertiary/aromatic N) is 2. The summed E-state index contributed by atoms with van der Waals surface area (Å²) in [7, 11) is 0. The van der Waals surface area contributed by atoms with Gasteiger partial charge in [-0.3, -0.25) is 9.59 Å². The van der Waals surface area contributed by atoms with Crippen molar-refractivity contribution in [3.8, 4) is 5.69 Å². The molecule has 0 radical (unpaired) electrons. The Labute approximate surface area is 126 Å².